The van der Waals surface area contributed by atoms with Crippen LogP contribution in [0.15, 0.2) is 53.4 Å². The molecular weight excluding hydrogens is 284 g/mol. The second-order valence-corrected chi connectivity index (χ2v) is 5.43. The fraction of sp³-hybridized carbons (Fsp3) is 0.188. The van der Waals surface area contributed by atoms with Gasteiger partial charge in [-0.3, -0.25) is 0 Å². The molecule has 3 N–H and O–H groups in total. The van der Waals surface area contributed by atoms with E-state index in [1.165, 1.54) is 0 Å². The van der Waals surface area contributed by atoms with Crippen LogP contribution in [0.2, 0.25) is 0 Å². The van der Waals surface area contributed by atoms with E-state index in [2.05, 4.69) is 10.6 Å². The Hall–Kier alpha value is -1.98. The summed E-state index contributed by atoms with van der Waals surface area (Å²) in [6.07, 6.45) is 1.45. The Balaban J connectivity index is 2.01. The summed E-state index contributed by atoms with van der Waals surface area (Å²) >= 11 is 1.58. The molecule has 0 saturated heterocycles. The molecule has 2 aromatic rings. The van der Waals surface area contributed by atoms with Crippen LogP contribution in [0.3, 0.4) is 0 Å². The average Bonchev–Trinajstić information content (AvgIpc) is 2.48. The SMILES string of the molecule is CSc1ccccc1NC(=O)Nc1ccc(C(C)O)cc1. The molecule has 110 valence electrons. The maximum atomic E-state index is 12.0. The third-order valence-electron chi connectivity index (χ3n) is 3.01. The number of urea groups is 1. The van der Waals surface area contributed by atoms with Crippen molar-refractivity contribution in [2.45, 2.75) is 17.9 Å². The summed E-state index contributed by atoms with van der Waals surface area (Å²) in [5.41, 5.74) is 2.27. The second-order valence-electron chi connectivity index (χ2n) is 4.58. The molecule has 2 amide bonds. The first-order chi connectivity index (χ1) is 10.1. The quantitative estimate of drug-likeness (QED) is 0.745. The molecule has 0 aliphatic rings. The van der Waals surface area contributed by atoms with Crippen molar-refractivity contribution in [2.24, 2.45) is 0 Å². The summed E-state index contributed by atoms with van der Waals surface area (Å²) < 4.78 is 0. The van der Waals surface area contributed by atoms with Crippen LogP contribution in [-0.2, 0) is 0 Å². The van der Waals surface area contributed by atoms with Crippen LogP contribution < -0.4 is 10.6 Å². The van der Waals surface area contributed by atoms with Gasteiger partial charge >= 0.3 is 6.03 Å². The number of rotatable bonds is 4. The molecule has 0 saturated carbocycles. The fourth-order valence-electron chi connectivity index (χ4n) is 1.88. The minimum atomic E-state index is -0.513. The predicted octanol–water partition coefficient (Wildman–Crippen LogP) is 4.11. The Morgan fingerprint density at radius 2 is 1.76 bits per heavy atom. The molecular formula is C16H18N2O2S. The number of aliphatic hydroxyl groups excluding tert-OH is 1. The monoisotopic (exact) mass is 302 g/mol. The van der Waals surface area contributed by atoms with Gasteiger partial charge in [0.05, 0.1) is 11.8 Å². The fourth-order valence-corrected chi connectivity index (χ4v) is 2.43. The van der Waals surface area contributed by atoms with Crippen LogP contribution in [0.4, 0.5) is 16.2 Å². The van der Waals surface area contributed by atoms with E-state index in [9.17, 15) is 9.90 Å². The van der Waals surface area contributed by atoms with E-state index in [0.717, 1.165) is 16.1 Å². The number of para-hydroxylation sites is 1. The van der Waals surface area contributed by atoms with E-state index in [4.69, 9.17) is 0 Å². The zero-order chi connectivity index (χ0) is 15.2. The maximum Gasteiger partial charge on any atom is 0.323 e. The highest BCUT2D eigenvalue weighted by Crippen LogP contribution is 2.24. The summed E-state index contributed by atoms with van der Waals surface area (Å²) in [5.74, 6) is 0. The van der Waals surface area contributed by atoms with Gasteiger partial charge in [0.25, 0.3) is 0 Å². The number of hydrogen-bond donors (Lipinski definition) is 3. The molecule has 0 aromatic heterocycles. The van der Waals surface area contributed by atoms with E-state index in [1.54, 1.807) is 43.0 Å². The first-order valence-electron chi connectivity index (χ1n) is 6.59. The molecule has 0 fully saturated rings. The highest BCUT2D eigenvalue weighted by Gasteiger charge is 2.06. The number of carbonyl (C=O) groups is 1. The molecule has 0 aliphatic heterocycles. The van der Waals surface area contributed by atoms with Crippen LogP contribution in [0.5, 0.6) is 0 Å². The van der Waals surface area contributed by atoms with Gasteiger partial charge < -0.3 is 15.7 Å². The highest BCUT2D eigenvalue weighted by atomic mass is 32.2. The van der Waals surface area contributed by atoms with Crippen LogP contribution in [0.25, 0.3) is 0 Å². The van der Waals surface area contributed by atoms with Crippen LogP contribution in [0, 0.1) is 0 Å². The third-order valence-corrected chi connectivity index (χ3v) is 3.80. The summed E-state index contributed by atoms with van der Waals surface area (Å²) in [5, 5.41) is 15.0. The standard InChI is InChI=1S/C16H18N2O2S/c1-11(19)12-7-9-13(10-8-12)17-16(20)18-14-5-3-4-6-15(14)21-2/h3-11,19H,1-2H3,(H2,17,18,20). The lowest BCUT2D eigenvalue weighted by molar-refractivity contribution is 0.199. The predicted molar refractivity (Wildman–Crippen MR) is 87.9 cm³/mol. The third kappa shape index (κ3) is 4.24. The number of anilines is 2. The molecule has 2 aromatic carbocycles. The van der Waals surface area contributed by atoms with E-state index in [0.29, 0.717) is 5.69 Å². The van der Waals surface area contributed by atoms with Crippen LogP contribution >= 0.6 is 11.8 Å². The molecule has 0 heterocycles. The molecule has 4 nitrogen and oxygen atoms in total. The second kappa shape index (κ2) is 7.15. The van der Waals surface area contributed by atoms with Crippen LogP contribution in [-0.4, -0.2) is 17.4 Å². The van der Waals surface area contributed by atoms with Gasteiger partial charge in [0.1, 0.15) is 0 Å². The lowest BCUT2D eigenvalue weighted by Gasteiger charge is -2.11. The molecule has 21 heavy (non-hydrogen) atoms. The number of benzene rings is 2. The van der Waals surface area contributed by atoms with Gasteiger partial charge in [-0.25, -0.2) is 4.79 Å². The Bertz CT molecular complexity index is 612. The van der Waals surface area contributed by atoms with E-state index in [1.807, 2.05) is 30.5 Å². The molecule has 1 unspecified atom stereocenters. The first-order valence-corrected chi connectivity index (χ1v) is 7.81. The van der Waals surface area contributed by atoms with Gasteiger partial charge in [0.15, 0.2) is 0 Å². The Kier molecular flexibility index (Phi) is 5.25. The smallest absolute Gasteiger partial charge is 0.323 e. The lowest BCUT2D eigenvalue weighted by atomic mass is 10.1. The van der Waals surface area contributed by atoms with Crippen molar-refractivity contribution in [3.63, 3.8) is 0 Å². The zero-order valence-corrected chi connectivity index (χ0v) is 12.8. The van der Waals surface area contributed by atoms with Crippen molar-refractivity contribution in [2.75, 3.05) is 16.9 Å². The number of hydrogen-bond acceptors (Lipinski definition) is 3. The number of aliphatic hydroxyl groups is 1. The maximum absolute atomic E-state index is 12.0. The first kappa shape index (κ1) is 15.4. The van der Waals surface area contributed by atoms with Gasteiger partial charge in [0.2, 0.25) is 0 Å². The van der Waals surface area contributed by atoms with Gasteiger partial charge in [-0.2, -0.15) is 0 Å². The normalized spacial score (nSPS) is 11.8. The lowest BCUT2D eigenvalue weighted by Crippen LogP contribution is -2.19. The highest BCUT2D eigenvalue weighted by molar-refractivity contribution is 7.98. The van der Waals surface area contributed by atoms with Gasteiger partial charge in [-0.1, -0.05) is 24.3 Å². The van der Waals surface area contributed by atoms with Crippen molar-refractivity contribution < 1.29 is 9.90 Å². The van der Waals surface area contributed by atoms with E-state index in [-0.39, 0.29) is 6.03 Å². The molecule has 0 bridgehead atoms. The Morgan fingerprint density at radius 1 is 1.10 bits per heavy atom. The van der Waals surface area contributed by atoms with Crippen molar-refractivity contribution in [3.8, 4) is 0 Å². The summed E-state index contributed by atoms with van der Waals surface area (Å²) in [6.45, 7) is 1.70. The minimum Gasteiger partial charge on any atom is -0.389 e. The minimum absolute atomic E-state index is 0.290. The number of nitrogens with one attached hydrogen (secondary N) is 2. The molecule has 0 radical (unpaired) electrons. The van der Waals surface area contributed by atoms with Crippen molar-refractivity contribution >= 4 is 29.2 Å². The Labute approximate surface area is 128 Å². The van der Waals surface area contributed by atoms with Gasteiger partial charge in [-0.05, 0) is 43.0 Å². The van der Waals surface area contributed by atoms with E-state index < -0.39 is 6.10 Å². The molecule has 2 rings (SSSR count). The molecule has 5 heteroatoms. The zero-order valence-electron chi connectivity index (χ0n) is 12.0. The number of thioether (sulfide) groups is 1. The molecule has 1 atom stereocenters. The van der Waals surface area contributed by atoms with Gasteiger partial charge in [-0.15, -0.1) is 11.8 Å². The number of amides is 2. The molecule has 0 spiro atoms. The van der Waals surface area contributed by atoms with Crippen molar-refractivity contribution in [1.82, 2.24) is 0 Å². The van der Waals surface area contributed by atoms with E-state index >= 15 is 0 Å². The number of carbonyl (C=O) groups excluding carboxylic acids is 1. The van der Waals surface area contributed by atoms with Crippen molar-refractivity contribution in [1.29, 1.82) is 0 Å². The van der Waals surface area contributed by atoms with Crippen molar-refractivity contribution in [3.05, 3.63) is 54.1 Å². The average molecular weight is 302 g/mol. The Morgan fingerprint density at radius 3 is 2.38 bits per heavy atom. The van der Waals surface area contributed by atoms with Gasteiger partial charge in [0, 0.05) is 10.6 Å². The summed E-state index contributed by atoms with van der Waals surface area (Å²) in [4.78, 5) is 13.0. The largest absolute Gasteiger partial charge is 0.389 e. The topological polar surface area (TPSA) is 61.4 Å². The molecule has 0 aliphatic carbocycles. The summed E-state index contributed by atoms with van der Waals surface area (Å²) in [6, 6.07) is 14.5. The summed E-state index contributed by atoms with van der Waals surface area (Å²) in [7, 11) is 0. The van der Waals surface area contributed by atoms with Crippen LogP contribution in [0.1, 0.15) is 18.6 Å².